The lowest BCUT2D eigenvalue weighted by atomic mass is 10.2. The van der Waals surface area contributed by atoms with E-state index in [4.69, 9.17) is 4.74 Å². The number of carbonyl (C=O) groups is 2. The third kappa shape index (κ3) is 4.29. The van der Waals surface area contributed by atoms with E-state index < -0.39 is 35.1 Å². The summed E-state index contributed by atoms with van der Waals surface area (Å²) in [6.45, 7) is 0. The summed E-state index contributed by atoms with van der Waals surface area (Å²) in [4.78, 5) is 24.2. The fraction of sp³-hybridized carbons (Fsp3) is 0. The molecule has 3 rings (SSSR count). The van der Waals surface area contributed by atoms with Crippen molar-refractivity contribution >= 4 is 11.9 Å². The van der Waals surface area contributed by atoms with E-state index in [1.807, 2.05) is 0 Å². The van der Waals surface area contributed by atoms with Gasteiger partial charge in [0, 0.05) is 12.1 Å². The number of esters is 2. The Balaban J connectivity index is 1.76. The summed E-state index contributed by atoms with van der Waals surface area (Å²) in [5.74, 6) is -6.88. The number of hydrogen-bond acceptors (Lipinski definition) is 5. The van der Waals surface area contributed by atoms with Crippen molar-refractivity contribution in [3.63, 3.8) is 0 Å². The van der Waals surface area contributed by atoms with Crippen LogP contribution in [0.25, 0.3) is 0 Å². The molecule has 0 aliphatic rings. The third-order valence-corrected chi connectivity index (χ3v) is 3.54. The van der Waals surface area contributed by atoms with Gasteiger partial charge >= 0.3 is 11.9 Å². The zero-order valence-electron chi connectivity index (χ0n) is 14.0. The van der Waals surface area contributed by atoms with Crippen LogP contribution in [0.3, 0.4) is 0 Å². The Morgan fingerprint density at radius 1 is 0.750 bits per heavy atom. The van der Waals surface area contributed by atoms with Gasteiger partial charge in [-0.3, -0.25) is 0 Å². The molecule has 0 saturated carbocycles. The number of benzene rings is 3. The van der Waals surface area contributed by atoms with Crippen molar-refractivity contribution in [3.05, 3.63) is 89.2 Å². The topological polar surface area (TPSA) is 72.8 Å². The van der Waals surface area contributed by atoms with Crippen molar-refractivity contribution in [1.82, 2.24) is 0 Å². The normalized spacial score (nSPS) is 10.4. The molecule has 0 atom stereocenters. The highest BCUT2D eigenvalue weighted by Crippen LogP contribution is 2.24. The molecule has 8 heteroatoms. The molecular weight excluding hydrogens is 377 g/mol. The SMILES string of the molecule is O=C(Oc1cccc(C(=O)Oc2c(F)cc(F)cc2F)c1)c1ccc(O)cc1. The summed E-state index contributed by atoms with van der Waals surface area (Å²) in [7, 11) is 0. The zero-order chi connectivity index (χ0) is 20.3. The lowest BCUT2D eigenvalue weighted by molar-refractivity contribution is 0.0706. The largest absolute Gasteiger partial charge is 0.508 e. The van der Waals surface area contributed by atoms with Crippen molar-refractivity contribution in [2.75, 3.05) is 0 Å². The predicted molar refractivity (Wildman–Crippen MR) is 90.8 cm³/mol. The quantitative estimate of drug-likeness (QED) is 0.534. The summed E-state index contributed by atoms with van der Waals surface area (Å²) in [6.07, 6.45) is 0. The van der Waals surface area contributed by atoms with Gasteiger partial charge in [0.15, 0.2) is 11.6 Å². The third-order valence-electron chi connectivity index (χ3n) is 3.54. The summed E-state index contributed by atoms with van der Waals surface area (Å²) in [5.41, 5.74) is 0.000338. The van der Waals surface area contributed by atoms with Crippen molar-refractivity contribution in [1.29, 1.82) is 0 Å². The number of phenols is 1. The first-order valence-electron chi connectivity index (χ1n) is 7.81. The minimum absolute atomic E-state index is 0.0208. The Morgan fingerprint density at radius 2 is 1.36 bits per heavy atom. The molecule has 0 fully saturated rings. The molecular formula is C20H11F3O5. The highest BCUT2D eigenvalue weighted by molar-refractivity contribution is 5.93. The number of phenolic OH excluding ortho intramolecular Hbond substituents is 1. The molecule has 0 heterocycles. The number of carbonyl (C=O) groups excluding carboxylic acids is 2. The molecule has 0 radical (unpaired) electrons. The van der Waals surface area contributed by atoms with Gasteiger partial charge in [-0.25, -0.2) is 22.8 Å². The van der Waals surface area contributed by atoms with Gasteiger partial charge < -0.3 is 14.6 Å². The van der Waals surface area contributed by atoms with Gasteiger partial charge in [-0.2, -0.15) is 0 Å². The molecule has 142 valence electrons. The van der Waals surface area contributed by atoms with Gasteiger partial charge in [-0.05, 0) is 42.5 Å². The molecule has 0 saturated heterocycles. The van der Waals surface area contributed by atoms with E-state index in [9.17, 15) is 27.9 Å². The molecule has 3 aromatic carbocycles. The first kappa shape index (κ1) is 19.0. The van der Waals surface area contributed by atoms with Crippen molar-refractivity contribution in [2.45, 2.75) is 0 Å². The number of ether oxygens (including phenoxy) is 2. The Labute approximate surface area is 156 Å². The summed E-state index contributed by atoms with van der Waals surface area (Å²) < 4.78 is 49.9. The van der Waals surface area contributed by atoms with Gasteiger partial charge in [0.2, 0.25) is 5.75 Å². The van der Waals surface area contributed by atoms with Gasteiger partial charge in [0.05, 0.1) is 11.1 Å². The maximum atomic E-state index is 13.6. The summed E-state index contributed by atoms with van der Waals surface area (Å²) in [6, 6.07) is 11.2. The van der Waals surface area contributed by atoms with E-state index >= 15 is 0 Å². The monoisotopic (exact) mass is 388 g/mol. The molecule has 0 spiro atoms. The van der Waals surface area contributed by atoms with Crippen molar-refractivity contribution in [2.24, 2.45) is 0 Å². The second-order valence-corrected chi connectivity index (χ2v) is 5.55. The van der Waals surface area contributed by atoms with Crippen LogP contribution in [0.2, 0.25) is 0 Å². The molecule has 0 aliphatic heterocycles. The van der Waals surface area contributed by atoms with E-state index in [1.165, 1.54) is 42.5 Å². The first-order valence-corrected chi connectivity index (χ1v) is 7.81. The molecule has 0 bridgehead atoms. The molecule has 0 unspecified atom stereocenters. The minimum atomic E-state index is -1.37. The summed E-state index contributed by atoms with van der Waals surface area (Å²) in [5, 5.41) is 9.22. The second-order valence-electron chi connectivity index (χ2n) is 5.55. The fourth-order valence-electron chi connectivity index (χ4n) is 2.23. The van der Waals surface area contributed by atoms with E-state index in [2.05, 4.69) is 4.74 Å². The minimum Gasteiger partial charge on any atom is -0.508 e. The fourth-order valence-corrected chi connectivity index (χ4v) is 2.23. The van der Waals surface area contributed by atoms with Crippen molar-refractivity contribution in [3.8, 4) is 17.2 Å². The molecule has 5 nitrogen and oxygen atoms in total. The van der Waals surface area contributed by atoms with Crippen LogP contribution < -0.4 is 9.47 Å². The lowest BCUT2D eigenvalue weighted by Crippen LogP contribution is -2.12. The van der Waals surface area contributed by atoms with E-state index in [0.717, 1.165) is 6.07 Å². The average molecular weight is 388 g/mol. The van der Waals surface area contributed by atoms with E-state index in [0.29, 0.717) is 12.1 Å². The number of halogens is 3. The highest BCUT2D eigenvalue weighted by atomic mass is 19.1. The van der Waals surface area contributed by atoms with Crippen molar-refractivity contribution < 1.29 is 37.3 Å². The molecule has 1 N–H and O–H groups in total. The molecule has 0 aliphatic carbocycles. The van der Waals surface area contributed by atoms with Gasteiger partial charge in [0.25, 0.3) is 0 Å². The number of aromatic hydroxyl groups is 1. The Hall–Kier alpha value is -3.81. The average Bonchev–Trinajstić information content (AvgIpc) is 2.65. The Morgan fingerprint density at radius 3 is 2.00 bits per heavy atom. The van der Waals surface area contributed by atoms with Crippen LogP contribution in [0.1, 0.15) is 20.7 Å². The van der Waals surface area contributed by atoms with Gasteiger partial charge in [-0.1, -0.05) is 6.07 Å². The standard InChI is InChI=1S/C20H11F3O5/c21-13-9-16(22)18(17(23)10-13)28-20(26)12-2-1-3-15(8-12)27-19(25)11-4-6-14(24)7-5-11/h1-10,24H. The first-order chi connectivity index (χ1) is 13.3. The molecule has 0 aromatic heterocycles. The van der Waals surface area contributed by atoms with E-state index in [-0.39, 0.29) is 22.6 Å². The van der Waals surface area contributed by atoms with Crippen LogP contribution in [0, 0.1) is 17.5 Å². The molecule has 3 aromatic rings. The summed E-state index contributed by atoms with van der Waals surface area (Å²) >= 11 is 0. The zero-order valence-corrected chi connectivity index (χ0v) is 14.0. The van der Waals surface area contributed by atoms with Gasteiger partial charge in [-0.15, -0.1) is 0 Å². The molecule has 0 amide bonds. The second kappa shape index (κ2) is 7.83. The Bertz CT molecular complexity index is 1020. The lowest BCUT2D eigenvalue weighted by Gasteiger charge is -2.08. The van der Waals surface area contributed by atoms with E-state index in [1.54, 1.807) is 0 Å². The Kier molecular flexibility index (Phi) is 5.30. The highest BCUT2D eigenvalue weighted by Gasteiger charge is 2.19. The number of rotatable bonds is 4. The van der Waals surface area contributed by atoms with Crippen LogP contribution >= 0.6 is 0 Å². The molecule has 28 heavy (non-hydrogen) atoms. The maximum Gasteiger partial charge on any atom is 0.343 e. The van der Waals surface area contributed by atoms with Crippen LogP contribution in [-0.2, 0) is 0 Å². The van der Waals surface area contributed by atoms with Crippen LogP contribution in [0.5, 0.6) is 17.2 Å². The van der Waals surface area contributed by atoms with Crippen LogP contribution in [-0.4, -0.2) is 17.0 Å². The predicted octanol–water partition coefficient (Wildman–Crippen LogP) is 4.25. The van der Waals surface area contributed by atoms with Crippen LogP contribution in [0.4, 0.5) is 13.2 Å². The van der Waals surface area contributed by atoms with Crippen LogP contribution in [0.15, 0.2) is 60.7 Å². The smallest absolute Gasteiger partial charge is 0.343 e. The van der Waals surface area contributed by atoms with Gasteiger partial charge in [0.1, 0.15) is 17.3 Å². The maximum absolute atomic E-state index is 13.6. The number of hydrogen-bond donors (Lipinski definition) is 1.